The molecule has 0 bridgehead atoms. The molecule has 0 saturated carbocycles. The molecule has 181 valence electrons. The molecule has 3 nitrogen and oxygen atoms in total. The Morgan fingerprint density at radius 2 is 0.529 bits per heavy atom. The number of hydrogen-bond donors (Lipinski definition) is 0. The Kier molecular flexibility index (Phi) is 13.9. The van der Waals surface area contributed by atoms with Crippen molar-refractivity contribution in [2.75, 3.05) is 0 Å². The molecule has 0 amide bonds. The molecule has 3 aromatic carbocycles. The molecule has 0 aliphatic heterocycles. The van der Waals surface area contributed by atoms with Gasteiger partial charge in [0.15, 0.2) is 0 Å². The summed E-state index contributed by atoms with van der Waals surface area (Å²) < 4.78 is 0. The van der Waals surface area contributed by atoms with Gasteiger partial charge in [-0.3, -0.25) is 0 Å². The van der Waals surface area contributed by atoms with Gasteiger partial charge in [-0.1, -0.05) is 153 Å². The minimum absolute atomic E-state index is 0. The summed E-state index contributed by atoms with van der Waals surface area (Å²) >= 11 is 0. The van der Waals surface area contributed by atoms with Crippen LogP contribution >= 0.6 is 0 Å². The number of hydrogen-bond acceptors (Lipinski definition) is 0. The fraction of sp³-hybridized carbons (Fsp3) is 0.400. The topological polar surface area (TPSA) is 42.3 Å². The second-order valence-corrected chi connectivity index (χ2v) is 10.9. The standard InChI is InChI=1S/3C10H14N.Ti/c3*1-10(2,3)11-9-7-5-4-6-8-9;/h3*4-8H,1-3H3;/q3*-1;+3. The van der Waals surface area contributed by atoms with Crippen LogP contribution in [-0.4, -0.2) is 16.6 Å². The number of benzene rings is 3. The van der Waals surface area contributed by atoms with E-state index >= 15 is 0 Å². The van der Waals surface area contributed by atoms with E-state index in [1.807, 2.05) is 91.0 Å². The Balaban J connectivity index is 0.000000473. The van der Waals surface area contributed by atoms with E-state index in [4.69, 9.17) is 0 Å². The monoisotopic (exact) mass is 492 g/mol. The number of nitrogens with zero attached hydrogens (tertiary/aromatic N) is 3. The Morgan fingerprint density at radius 3 is 0.676 bits per heavy atom. The SMILES string of the molecule is CC(C)(C)[N-]c1ccccc1.CC(C)(C)[N-]c1ccccc1.CC(C)(C)[N-]c1ccccc1.[Ti+3]. The molecule has 0 atom stereocenters. The van der Waals surface area contributed by atoms with Crippen LogP contribution in [-0.2, 0) is 21.7 Å². The van der Waals surface area contributed by atoms with Crippen molar-refractivity contribution in [2.24, 2.45) is 0 Å². The molecule has 3 rings (SSSR count). The Morgan fingerprint density at radius 1 is 0.353 bits per heavy atom. The van der Waals surface area contributed by atoms with E-state index < -0.39 is 0 Å². The van der Waals surface area contributed by atoms with Gasteiger partial charge in [0.2, 0.25) is 0 Å². The Labute approximate surface area is 224 Å². The molecule has 0 aliphatic rings. The summed E-state index contributed by atoms with van der Waals surface area (Å²) in [5.41, 5.74) is 3.25. The van der Waals surface area contributed by atoms with Gasteiger partial charge in [0.25, 0.3) is 0 Å². The second-order valence-electron chi connectivity index (χ2n) is 10.9. The first-order chi connectivity index (χ1) is 15.2. The van der Waals surface area contributed by atoms with Crippen LogP contribution in [0, 0.1) is 0 Å². The van der Waals surface area contributed by atoms with Crippen LogP contribution in [0.3, 0.4) is 0 Å². The van der Waals surface area contributed by atoms with Gasteiger partial charge in [0.05, 0.1) is 0 Å². The average molecular weight is 493 g/mol. The third-order valence-electron chi connectivity index (χ3n) is 3.66. The molecular formula is C30H42N3Ti. The number of para-hydroxylation sites is 3. The first kappa shape index (κ1) is 31.8. The summed E-state index contributed by atoms with van der Waals surface area (Å²) in [6.45, 7) is 18.9. The van der Waals surface area contributed by atoms with Gasteiger partial charge >= 0.3 is 21.7 Å². The van der Waals surface area contributed by atoms with Gasteiger partial charge in [-0.2, -0.15) is 0 Å². The molecule has 0 N–H and O–H groups in total. The predicted molar refractivity (Wildman–Crippen MR) is 148 cm³/mol. The first-order valence-electron chi connectivity index (χ1n) is 11.6. The summed E-state index contributed by atoms with van der Waals surface area (Å²) in [5, 5.41) is 13.5. The van der Waals surface area contributed by atoms with Gasteiger partial charge in [0.1, 0.15) is 0 Å². The van der Waals surface area contributed by atoms with Gasteiger partial charge in [-0.15, -0.1) is 33.7 Å². The van der Waals surface area contributed by atoms with Crippen molar-refractivity contribution >= 4 is 17.1 Å². The Hall–Kier alpha value is -2.23. The van der Waals surface area contributed by atoms with Crippen LogP contribution in [0.5, 0.6) is 0 Å². The largest absolute Gasteiger partial charge is 3.00 e. The third kappa shape index (κ3) is 18.2. The molecule has 34 heavy (non-hydrogen) atoms. The average Bonchev–Trinajstić information content (AvgIpc) is 2.67. The molecule has 0 aliphatic carbocycles. The molecule has 3 aromatic rings. The van der Waals surface area contributed by atoms with Crippen molar-refractivity contribution in [3.63, 3.8) is 0 Å². The predicted octanol–water partition coefficient (Wildman–Crippen LogP) is 10.5. The summed E-state index contributed by atoms with van der Waals surface area (Å²) in [7, 11) is 0. The molecular weight excluding hydrogens is 450 g/mol. The van der Waals surface area contributed by atoms with Crippen LogP contribution in [0.2, 0.25) is 0 Å². The fourth-order valence-corrected chi connectivity index (χ4v) is 2.67. The molecule has 0 aromatic heterocycles. The minimum Gasteiger partial charge on any atom is -0.680 e. The molecule has 0 spiro atoms. The van der Waals surface area contributed by atoms with Gasteiger partial charge in [-0.05, 0) is 0 Å². The maximum atomic E-state index is 4.49. The zero-order valence-corrected chi connectivity index (χ0v) is 24.1. The van der Waals surface area contributed by atoms with E-state index in [9.17, 15) is 0 Å². The molecule has 0 saturated heterocycles. The zero-order chi connectivity index (χ0) is 25.0. The summed E-state index contributed by atoms with van der Waals surface area (Å²) in [6, 6.07) is 30.1. The van der Waals surface area contributed by atoms with Gasteiger partial charge < -0.3 is 16.0 Å². The van der Waals surface area contributed by atoms with E-state index in [2.05, 4.69) is 78.3 Å². The second kappa shape index (κ2) is 14.9. The maximum absolute atomic E-state index is 4.49. The quantitative estimate of drug-likeness (QED) is 0.326. The molecule has 0 unspecified atom stereocenters. The maximum Gasteiger partial charge on any atom is 3.00 e. The van der Waals surface area contributed by atoms with Crippen molar-refractivity contribution in [3.8, 4) is 0 Å². The van der Waals surface area contributed by atoms with Crippen LogP contribution in [0.15, 0.2) is 91.0 Å². The van der Waals surface area contributed by atoms with Crippen LogP contribution in [0.1, 0.15) is 62.3 Å². The molecule has 4 heteroatoms. The summed E-state index contributed by atoms with van der Waals surface area (Å²) in [6.07, 6.45) is 0. The number of rotatable bonds is 3. The van der Waals surface area contributed by atoms with E-state index in [-0.39, 0.29) is 38.3 Å². The fourth-order valence-electron chi connectivity index (χ4n) is 2.67. The van der Waals surface area contributed by atoms with Crippen LogP contribution in [0.25, 0.3) is 16.0 Å². The van der Waals surface area contributed by atoms with Crippen molar-refractivity contribution in [3.05, 3.63) is 107 Å². The smallest absolute Gasteiger partial charge is 0.680 e. The first-order valence-corrected chi connectivity index (χ1v) is 11.6. The van der Waals surface area contributed by atoms with E-state index in [1.165, 1.54) is 0 Å². The van der Waals surface area contributed by atoms with Crippen molar-refractivity contribution < 1.29 is 21.7 Å². The van der Waals surface area contributed by atoms with Gasteiger partial charge in [0, 0.05) is 0 Å². The minimum atomic E-state index is 0. The van der Waals surface area contributed by atoms with Crippen molar-refractivity contribution in [1.29, 1.82) is 0 Å². The third-order valence-corrected chi connectivity index (χ3v) is 3.66. The van der Waals surface area contributed by atoms with E-state index in [0.29, 0.717) is 0 Å². The van der Waals surface area contributed by atoms with Gasteiger partial charge in [-0.25, -0.2) is 0 Å². The van der Waals surface area contributed by atoms with Crippen LogP contribution in [0.4, 0.5) is 17.1 Å². The van der Waals surface area contributed by atoms with Crippen molar-refractivity contribution in [2.45, 2.75) is 78.9 Å². The summed E-state index contributed by atoms with van der Waals surface area (Å²) in [5.74, 6) is 0. The molecule has 0 heterocycles. The van der Waals surface area contributed by atoms with Crippen molar-refractivity contribution in [1.82, 2.24) is 0 Å². The summed E-state index contributed by atoms with van der Waals surface area (Å²) in [4.78, 5) is 0. The van der Waals surface area contributed by atoms with Crippen LogP contribution < -0.4 is 0 Å². The molecule has 0 fully saturated rings. The zero-order valence-electron chi connectivity index (χ0n) is 22.5. The Bertz CT molecular complexity index is 753. The van der Waals surface area contributed by atoms with E-state index in [1.54, 1.807) is 0 Å². The van der Waals surface area contributed by atoms with E-state index in [0.717, 1.165) is 17.1 Å². The molecule has 1 radical (unpaired) electrons. The normalized spacial score (nSPS) is 10.9.